The van der Waals surface area contributed by atoms with Gasteiger partial charge in [0.05, 0.1) is 6.54 Å². The minimum Gasteiger partial charge on any atom is -0.381 e. The molecule has 0 bridgehead atoms. The number of aromatic nitrogens is 2. The Morgan fingerprint density at radius 2 is 1.73 bits per heavy atom. The van der Waals surface area contributed by atoms with Crippen molar-refractivity contribution in [2.45, 2.75) is 43.7 Å². The summed E-state index contributed by atoms with van der Waals surface area (Å²) in [6, 6.07) is 0. The number of hydrogen-bond acceptors (Lipinski definition) is 5. The molecule has 0 saturated carbocycles. The quantitative estimate of drug-likeness (QED) is 0.857. The van der Waals surface area contributed by atoms with Crippen molar-refractivity contribution in [2.24, 2.45) is 0 Å². The van der Waals surface area contributed by atoms with Crippen molar-refractivity contribution in [3.63, 3.8) is 0 Å². The molecule has 2 fully saturated rings. The molecule has 2 saturated heterocycles. The third-order valence-corrected chi connectivity index (χ3v) is 4.38. The molecule has 3 rings (SSSR count). The van der Waals surface area contributed by atoms with Crippen LogP contribution in [0.3, 0.4) is 0 Å². The van der Waals surface area contributed by atoms with Gasteiger partial charge in [0.1, 0.15) is 0 Å². The van der Waals surface area contributed by atoms with Crippen LogP contribution in [0.2, 0.25) is 0 Å². The summed E-state index contributed by atoms with van der Waals surface area (Å²) in [6.07, 6.45) is -1.09. The van der Waals surface area contributed by atoms with Crippen molar-refractivity contribution in [1.82, 2.24) is 15.0 Å². The van der Waals surface area contributed by atoms with E-state index in [0.717, 1.165) is 18.7 Å². The fraction of sp³-hybridized carbons (Fsp3) is 0.857. The number of alkyl halides is 3. The maximum Gasteiger partial charge on any atom is 0.401 e. The van der Waals surface area contributed by atoms with Crippen molar-refractivity contribution in [3.05, 3.63) is 11.7 Å². The van der Waals surface area contributed by atoms with Gasteiger partial charge in [-0.15, -0.1) is 0 Å². The number of piperidine rings is 1. The lowest BCUT2D eigenvalue weighted by atomic mass is 9.96. The van der Waals surface area contributed by atoms with Crippen molar-refractivity contribution >= 4 is 0 Å². The highest BCUT2D eigenvalue weighted by Gasteiger charge is 2.34. The van der Waals surface area contributed by atoms with Gasteiger partial charge >= 0.3 is 6.18 Å². The molecule has 0 amide bonds. The Morgan fingerprint density at radius 3 is 2.36 bits per heavy atom. The molecule has 8 heteroatoms. The topological polar surface area (TPSA) is 51.4 Å². The first-order chi connectivity index (χ1) is 10.5. The zero-order valence-electron chi connectivity index (χ0n) is 12.3. The zero-order chi connectivity index (χ0) is 15.6. The van der Waals surface area contributed by atoms with Crippen LogP contribution in [0.1, 0.15) is 49.2 Å². The summed E-state index contributed by atoms with van der Waals surface area (Å²) in [6.45, 7) is 1.42. The molecule has 0 radical (unpaired) electrons. The van der Waals surface area contributed by atoms with Crippen LogP contribution in [0, 0.1) is 0 Å². The standard InChI is InChI=1S/C14H20F3N3O2/c15-14(16,17)9-20-5-1-11(2-6-20)13-18-12(19-22-13)10-3-7-21-8-4-10/h10-11H,1-9H2. The summed E-state index contributed by atoms with van der Waals surface area (Å²) in [4.78, 5) is 5.92. The summed E-state index contributed by atoms with van der Waals surface area (Å²) >= 11 is 0. The van der Waals surface area contributed by atoms with E-state index in [-0.39, 0.29) is 11.8 Å². The minimum absolute atomic E-state index is 0.0746. The van der Waals surface area contributed by atoms with E-state index in [9.17, 15) is 13.2 Å². The van der Waals surface area contributed by atoms with Crippen LogP contribution in [0.25, 0.3) is 0 Å². The van der Waals surface area contributed by atoms with Crippen LogP contribution in [-0.2, 0) is 4.74 Å². The van der Waals surface area contributed by atoms with Gasteiger partial charge in [-0.2, -0.15) is 18.2 Å². The summed E-state index contributed by atoms with van der Waals surface area (Å²) in [5, 5.41) is 4.06. The van der Waals surface area contributed by atoms with Crippen molar-refractivity contribution in [3.8, 4) is 0 Å². The number of halogens is 3. The monoisotopic (exact) mass is 319 g/mol. The molecule has 0 N–H and O–H groups in total. The van der Waals surface area contributed by atoms with Crippen molar-refractivity contribution in [1.29, 1.82) is 0 Å². The molecule has 124 valence electrons. The molecule has 22 heavy (non-hydrogen) atoms. The lowest BCUT2D eigenvalue weighted by molar-refractivity contribution is -0.148. The average molecular weight is 319 g/mol. The number of rotatable bonds is 3. The first kappa shape index (κ1) is 15.7. The number of nitrogens with zero attached hydrogens (tertiary/aromatic N) is 3. The lowest BCUT2D eigenvalue weighted by Crippen LogP contribution is -2.39. The van der Waals surface area contributed by atoms with Crippen LogP contribution in [0.5, 0.6) is 0 Å². The van der Waals surface area contributed by atoms with E-state index in [1.807, 2.05) is 0 Å². The number of likely N-dealkylation sites (tertiary alicyclic amines) is 1. The maximum atomic E-state index is 12.4. The summed E-state index contributed by atoms with van der Waals surface area (Å²) in [5.74, 6) is 1.64. The highest BCUT2D eigenvalue weighted by molar-refractivity contribution is 5.01. The van der Waals surface area contributed by atoms with Gasteiger partial charge in [0.2, 0.25) is 5.89 Å². The van der Waals surface area contributed by atoms with Gasteiger partial charge in [-0.1, -0.05) is 5.16 Å². The molecule has 0 spiro atoms. The Kier molecular flexibility index (Phi) is 4.67. The SMILES string of the molecule is FC(F)(F)CN1CCC(c2nc(C3CCOCC3)no2)CC1. The molecular formula is C14H20F3N3O2. The first-order valence-electron chi connectivity index (χ1n) is 7.71. The fourth-order valence-electron chi connectivity index (χ4n) is 3.13. The third kappa shape index (κ3) is 3.98. The molecule has 1 aromatic rings. The fourth-order valence-corrected chi connectivity index (χ4v) is 3.13. The van der Waals surface area contributed by atoms with Crippen molar-refractivity contribution < 1.29 is 22.4 Å². The molecule has 0 unspecified atom stereocenters. The average Bonchev–Trinajstić information content (AvgIpc) is 2.97. The second-order valence-corrected chi connectivity index (χ2v) is 6.04. The van der Waals surface area contributed by atoms with E-state index in [1.54, 1.807) is 0 Å². The number of hydrogen-bond donors (Lipinski definition) is 0. The zero-order valence-corrected chi connectivity index (χ0v) is 12.3. The van der Waals surface area contributed by atoms with E-state index < -0.39 is 12.7 Å². The summed E-state index contributed by atoms with van der Waals surface area (Å²) < 4.78 is 47.8. The Hall–Kier alpha value is -1.15. The first-order valence-corrected chi connectivity index (χ1v) is 7.71. The third-order valence-electron chi connectivity index (χ3n) is 4.38. The van der Waals surface area contributed by atoms with Gasteiger partial charge in [-0.05, 0) is 38.8 Å². The van der Waals surface area contributed by atoms with Gasteiger partial charge in [0.25, 0.3) is 0 Å². The molecule has 5 nitrogen and oxygen atoms in total. The van der Waals surface area contributed by atoms with Crippen LogP contribution < -0.4 is 0 Å². The Balaban J connectivity index is 1.54. The summed E-state index contributed by atoms with van der Waals surface area (Å²) in [5.41, 5.74) is 0. The van der Waals surface area contributed by atoms with Crippen LogP contribution in [-0.4, -0.2) is 54.1 Å². The van der Waals surface area contributed by atoms with Gasteiger partial charge in [0.15, 0.2) is 5.82 Å². The highest BCUT2D eigenvalue weighted by Crippen LogP contribution is 2.31. The molecule has 0 aromatic carbocycles. The predicted octanol–water partition coefficient (Wildman–Crippen LogP) is 2.71. The summed E-state index contributed by atoms with van der Waals surface area (Å²) in [7, 11) is 0. The molecule has 0 atom stereocenters. The van der Waals surface area contributed by atoms with Crippen LogP contribution >= 0.6 is 0 Å². The largest absolute Gasteiger partial charge is 0.401 e. The number of ether oxygens (including phenoxy) is 1. The van der Waals surface area contributed by atoms with E-state index in [2.05, 4.69) is 10.1 Å². The second-order valence-electron chi connectivity index (χ2n) is 6.04. The predicted molar refractivity (Wildman–Crippen MR) is 71.6 cm³/mol. The van der Waals surface area contributed by atoms with E-state index in [4.69, 9.17) is 9.26 Å². The molecule has 0 aliphatic carbocycles. The van der Waals surface area contributed by atoms with Gasteiger partial charge < -0.3 is 9.26 Å². The molecular weight excluding hydrogens is 299 g/mol. The minimum atomic E-state index is -4.13. The molecule has 1 aromatic heterocycles. The smallest absolute Gasteiger partial charge is 0.381 e. The normalized spacial score (nSPS) is 23.0. The van der Waals surface area contributed by atoms with Gasteiger partial charge in [0, 0.05) is 25.0 Å². The molecule has 3 heterocycles. The maximum absolute atomic E-state index is 12.4. The Bertz CT molecular complexity index is 478. The van der Waals surface area contributed by atoms with E-state index in [1.165, 1.54) is 4.90 Å². The van der Waals surface area contributed by atoms with Crippen molar-refractivity contribution in [2.75, 3.05) is 32.8 Å². The highest BCUT2D eigenvalue weighted by atomic mass is 19.4. The van der Waals surface area contributed by atoms with E-state index >= 15 is 0 Å². The molecule has 2 aliphatic rings. The van der Waals surface area contributed by atoms with Gasteiger partial charge in [-0.25, -0.2) is 0 Å². The van der Waals surface area contributed by atoms with E-state index in [0.29, 0.717) is 45.0 Å². The lowest BCUT2D eigenvalue weighted by Gasteiger charge is -2.30. The second kappa shape index (κ2) is 6.54. The molecule has 2 aliphatic heterocycles. The van der Waals surface area contributed by atoms with Crippen LogP contribution in [0.15, 0.2) is 4.52 Å². The Morgan fingerprint density at radius 1 is 1.05 bits per heavy atom. The Labute approximate surface area is 126 Å². The van der Waals surface area contributed by atoms with Crippen LogP contribution in [0.4, 0.5) is 13.2 Å². The van der Waals surface area contributed by atoms with Gasteiger partial charge in [-0.3, -0.25) is 4.90 Å².